The number of aliphatic hydroxyl groups is 5. The molecule has 1 aliphatic heterocycles. The van der Waals surface area contributed by atoms with E-state index in [2.05, 4.69) is 67.8 Å². The highest BCUT2D eigenvalue weighted by molar-refractivity contribution is 5.76. The fourth-order valence-corrected chi connectivity index (χ4v) is 10.3. The fourth-order valence-electron chi connectivity index (χ4n) is 10.3. The maximum Gasteiger partial charge on any atom is 0.220 e. The van der Waals surface area contributed by atoms with Crippen LogP contribution in [0.4, 0.5) is 0 Å². The van der Waals surface area contributed by atoms with Crippen molar-refractivity contribution in [3.8, 4) is 0 Å². The minimum atomic E-state index is -1.58. The Labute approximate surface area is 475 Å². The van der Waals surface area contributed by atoms with Crippen LogP contribution >= 0.6 is 0 Å². The number of hydrogen-bond acceptors (Lipinski definition) is 8. The lowest BCUT2D eigenvalue weighted by Gasteiger charge is -2.40. The summed E-state index contributed by atoms with van der Waals surface area (Å²) in [5.41, 5.74) is 0. The highest BCUT2D eigenvalue weighted by Crippen LogP contribution is 2.23. The number of carbonyl (C=O) groups is 1. The number of amides is 1. The molecule has 9 heteroatoms. The second-order valence-corrected chi connectivity index (χ2v) is 22.9. The van der Waals surface area contributed by atoms with Crippen LogP contribution in [-0.2, 0) is 14.3 Å². The van der Waals surface area contributed by atoms with E-state index in [0.29, 0.717) is 6.42 Å². The molecule has 0 saturated carbocycles. The molecule has 0 aromatic heterocycles. The van der Waals surface area contributed by atoms with Gasteiger partial charge < -0.3 is 40.3 Å². The average Bonchev–Trinajstić information content (AvgIpc) is 3.43. The monoisotopic (exact) mass is 1080 g/mol. The summed E-state index contributed by atoms with van der Waals surface area (Å²) in [6.45, 7) is 3.78. The Morgan fingerprint density at radius 1 is 0.442 bits per heavy atom. The molecule has 9 nitrogen and oxygen atoms in total. The van der Waals surface area contributed by atoms with Crippen molar-refractivity contribution < 1.29 is 39.8 Å². The molecule has 77 heavy (non-hydrogen) atoms. The van der Waals surface area contributed by atoms with Gasteiger partial charge >= 0.3 is 0 Å². The number of rotatable bonds is 57. The lowest BCUT2D eigenvalue weighted by atomic mass is 9.99. The van der Waals surface area contributed by atoms with Crippen LogP contribution < -0.4 is 5.32 Å². The second kappa shape index (κ2) is 57.1. The van der Waals surface area contributed by atoms with E-state index in [9.17, 15) is 30.3 Å². The minimum absolute atomic E-state index is 0.188. The van der Waals surface area contributed by atoms with Gasteiger partial charge in [0.2, 0.25) is 5.91 Å². The van der Waals surface area contributed by atoms with Gasteiger partial charge in [-0.1, -0.05) is 286 Å². The first kappa shape index (κ1) is 72.9. The summed E-state index contributed by atoms with van der Waals surface area (Å²) in [5.74, 6) is -0.188. The summed E-state index contributed by atoms with van der Waals surface area (Å²) in [6, 6.07) is -0.831. The summed E-state index contributed by atoms with van der Waals surface area (Å²) < 4.78 is 11.3. The van der Waals surface area contributed by atoms with Crippen LogP contribution in [0.3, 0.4) is 0 Å². The molecule has 0 radical (unpaired) electrons. The predicted molar refractivity (Wildman–Crippen MR) is 327 cm³/mol. The second-order valence-electron chi connectivity index (χ2n) is 22.9. The molecule has 0 aromatic rings. The number of carbonyl (C=O) groups excluding carboxylic acids is 1. The van der Waals surface area contributed by atoms with Crippen molar-refractivity contribution in [2.75, 3.05) is 13.2 Å². The van der Waals surface area contributed by atoms with Crippen LogP contribution in [0.2, 0.25) is 0 Å². The Bertz CT molecular complexity index is 1400. The van der Waals surface area contributed by atoms with Crippen LogP contribution in [0.5, 0.6) is 0 Å². The van der Waals surface area contributed by atoms with Gasteiger partial charge in [0.1, 0.15) is 24.4 Å². The Balaban J connectivity index is 2.20. The molecule has 1 heterocycles. The van der Waals surface area contributed by atoms with Gasteiger partial charge in [-0.05, 0) is 77.0 Å². The first-order valence-electron chi connectivity index (χ1n) is 33.0. The van der Waals surface area contributed by atoms with Gasteiger partial charge in [-0.25, -0.2) is 0 Å². The third-order valence-corrected chi connectivity index (χ3v) is 15.5. The molecule has 1 rings (SSSR count). The zero-order valence-corrected chi connectivity index (χ0v) is 50.2. The number of aliphatic hydroxyl groups excluding tert-OH is 5. The van der Waals surface area contributed by atoms with Gasteiger partial charge in [-0.2, -0.15) is 0 Å². The summed E-state index contributed by atoms with van der Waals surface area (Å²) in [5, 5.41) is 54.7. The Kier molecular flexibility index (Phi) is 54.1. The molecule has 1 saturated heterocycles. The zero-order chi connectivity index (χ0) is 55.8. The van der Waals surface area contributed by atoms with Gasteiger partial charge in [0.25, 0.3) is 0 Å². The van der Waals surface area contributed by atoms with Crippen LogP contribution in [0, 0.1) is 0 Å². The maximum atomic E-state index is 13.1. The topological polar surface area (TPSA) is 149 Å². The number of hydrogen-bond donors (Lipinski definition) is 6. The van der Waals surface area contributed by atoms with Crippen molar-refractivity contribution >= 4 is 5.91 Å². The highest BCUT2D eigenvalue weighted by atomic mass is 16.7. The Hall–Kier alpha value is -2.11. The molecule has 0 bridgehead atoms. The number of unbranched alkanes of at least 4 members (excludes halogenated alkanes) is 39. The van der Waals surface area contributed by atoms with E-state index in [0.717, 1.165) is 51.4 Å². The van der Waals surface area contributed by atoms with Gasteiger partial charge in [0, 0.05) is 6.42 Å². The summed E-state index contributed by atoms with van der Waals surface area (Å²) in [7, 11) is 0. The van der Waals surface area contributed by atoms with E-state index >= 15 is 0 Å². The van der Waals surface area contributed by atoms with Gasteiger partial charge in [-0.15, -0.1) is 0 Å². The third-order valence-electron chi connectivity index (χ3n) is 15.5. The zero-order valence-electron chi connectivity index (χ0n) is 50.2. The fraction of sp³-hybridized carbons (Fsp3) is 0.838. The SMILES string of the molecule is CCCCCCC/C=C\C/C=C\CCCCCCCCCCCCCCCCCC(=O)NC(COC1OC(CO)C(O)C(O)C1O)C(O)/C=C/CC/C=C/CC/C=C/CCCCCCCCCCCCCCCCCCC. The molecule has 1 aliphatic rings. The summed E-state index contributed by atoms with van der Waals surface area (Å²) in [6.07, 6.45) is 71.7. The molecule has 1 amide bonds. The smallest absolute Gasteiger partial charge is 0.220 e. The quantitative estimate of drug-likeness (QED) is 0.0261. The van der Waals surface area contributed by atoms with E-state index in [-0.39, 0.29) is 12.5 Å². The van der Waals surface area contributed by atoms with Crippen molar-refractivity contribution in [1.82, 2.24) is 5.32 Å². The number of ether oxygens (including phenoxy) is 2. The molecular weight excluding hydrogens is 959 g/mol. The average molecular weight is 1080 g/mol. The molecular formula is C68H125NO8. The number of allylic oxidation sites excluding steroid dienone is 9. The predicted octanol–water partition coefficient (Wildman–Crippen LogP) is 17.4. The lowest BCUT2D eigenvalue weighted by Crippen LogP contribution is -2.60. The van der Waals surface area contributed by atoms with E-state index in [1.54, 1.807) is 6.08 Å². The summed E-state index contributed by atoms with van der Waals surface area (Å²) >= 11 is 0. The van der Waals surface area contributed by atoms with Gasteiger partial charge in [0.15, 0.2) is 6.29 Å². The van der Waals surface area contributed by atoms with Gasteiger partial charge in [-0.3, -0.25) is 4.79 Å². The van der Waals surface area contributed by atoms with Crippen LogP contribution in [0.25, 0.3) is 0 Å². The Morgan fingerprint density at radius 3 is 1.17 bits per heavy atom. The van der Waals surface area contributed by atoms with Crippen molar-refractivity contribution in [2.45, 2.75) is 352 Å². The van der Waals surface area contributed by atoms with E-state index in [1.165, 1.54) is 238 Å². The molecule has 0 spiro atoms. The van der Waals surface area contributed by atoms with Crippen molar-refractivity contribution in [1.29, 1.82) is 0 Å². The molecule has 0 aromatic carbocycles. The van der Waals surface area contributed by atoms with Crippen molar-refractivity contribution in [3.05, 3.63) is 60.8 Å². The molecule has 7 atom stereocenters. The molecule has 6 N–H and O–H groups in total. The molecule has 1 fully saturated rings. The van der Waals surface area contributed by atoms with Crippen LogP contribution in [0.1, 0.15) is 309 Å². The largest absolute Gasteiger partial charge is 0.394 e. The van der Waals surface area contributed by atoms with Crippen molar-refractivity contribution in [3.63, 3.8) is 0 Å². The van der Waals surface area contributed by atoms with Crippen LogP contribution in [-0.4, -0.2) is 87.5 Å². The van der Waals surface area contributed by atoms with Crippen LogP contribution in [0.15, 0.2) is 60.8 Å². The first-order valence-corrected chi connectivity index (χ1v) is 33.0. The van der Waals surface area contributed by atoms with E-state index in [4.69, 9.17) is 9.47 Å². The highest BCUT2D eigenvalue weighted by Gasteiger charge is 2.44. The maximum absolute atomic E-state index is 13.1. The molecule has 450 valence electrons. The normalized spacial score (nSPS) is 19.1. The summed E-state index contributed by atoms with van der Waals surface area (Å²) in [4.78, 5) is 13.1. The minimum Gasteiger partial charge on any atom is -0.394 e. The lowest BCUT2D eigenvalue weighted by molar-refractivity contribution is -0.302. The third kappa shape index (κ3) is 46.2. The standard InChI is InChI=1S/C68H125NO8/c1-3-5-7-9-11-13-15-17-19-21-23-25-27-29-31-33-35-37-39-41-43-45-47-49-51-53-55-57-62(71)61(60-76-68-67(75)66(74)65(73)63(59-70)77-68)69-64(72)58-56-54-52-50-48-46-44-42-40-38-36-34-32-30-28-26-24-22-20-18-16-14-12-10-8-6-4-2/h16,18,22,24,39,41,47,49,55,57,61-63,65-68,70-71,73-75H,3-15,17,19-21,23,25-38,40,42-46,48,50-54,56,58-60H2,1-2H3,(H,69,72)/b18-16-,24-22-,41-39+,49-47+,57-55+. The van der Waals surface area contributed by atoms with E-state index < -0.39 is 49.5 Å². The first-order chi connectivity index (χ1) is 37.8. The van der Waals surface area contributed by atoms with E-state index in [1.807, 2.05) is 6.08 Å². The van der Waals surface area contributed by atoms with Crippen molar-refractivity contribution in [2.24, 2.45) is 0 Å². The Morgan fingerprint density at radius 2 is 0.779 bits per heavy atom. The molecule has 7 unspecified atom stereocenters. The number of nitrogens with one attached hydrogen (secondary N) is 1. The van der Waals surface area contributed by atoms with Gasteiger partial charge in [0.05, 0.1) is 25.4 Å². The molecule has 0 aliphatic carbocycles.